The minimum atomic E-state index is -1.16. The number of halogens is 3. The van der Waals surface area contributed by atoms with Crippen molar-refractivity contribution in [3.05, 3.63) is 62.8 Å². The van der Waals surface area contributed by atoms with Gasteiger partial charge in [0.05, 0.1) is 19.8 Å². The number of nitrogens with one attached hydrogen (secondary N) is 1. The van der Waals surface area contributed by atoms with E-state index in [1.54, 1.807) is 4.90 Å². The standard InChI is InChI=1S/C22H20F3N3O5/c1-32-20-18-22(31)28-11-2-3-12(6-11)33-17(28)9-27(18)8-14(19(20)29)21(30)26-7-13-15(24)4-10(23)5-16(13)25/h4-5,8,11-12,17H,2-3,6-7,9H2,1H3,(H,26,30). The van der Waals surface area contributed by atoms with Gasteiger partial charge in [0.2, 0.25) is 5.43 Å². The third-order valence-electron chi connectivity index (χ3n) is 6.42. The van der Waals surface area contributed by atoms with E-state index in [4.69, 9.17) is 9.47 Å². The van der Waals surface area contributed by atoms with Gasteiger partial charge in [-0.05, 0) is 19.3 Å². The Kier molecular flexibility index (Phi) is 5.15. The molecule has 174 valence electrons. The van der Waals surface area contributed by atoms with E-state index in [0.717, 1.165) is 19.3 Å². The number of nitrogens with zero attached hydrogens (tertiary/aromatic N) is 2. The van der Waals surface area contributed by atoms with E-state index < -0.39 is 53.0 Å². The molecule has 2 bridgehead atoms. The molecule has 1 N–H and O–H groups in total. The maximum Gasteiger partial charge on any atom is 0.276 e. The Bertz CT molecular complexity index is 1210. The zero-order valence-corrected chi connectivity index (χ0v) is 17.6. The molecule has 0 radical (unpaired) electrons. The number of ether oxygens (including phenoxy) is 2. The van der Waals surface area contributed by atoms with Crippen molar-refractivity contribution in [2.24, 2.45) is 0 Å². The second-order valence-corrected chi connectivity index (χ2v) is 8.33. The van der Waals surface area contributed by atoms with E-state index in [1.807, 2.05) is 0 Å². The van der Waals surface area contributed by atoms with Gasteiger partial charge in [-0.15, -0.1) is 0 Å². The molecule has 2 amide bonds. The summed E-state index contributed by atoms with van der Waals surface area (Å²) in [6.07, 6.45) is 3.17. The predicted octanol–water partition coefficient (Wildman–Crippen LogP) is 1.94. The van der Waals surface area contributed by atoms with Crippen LogP contribution < -0.4 is 15.5 Å². The van der Waals surface area contributed by atoms with Crippen molar-refractivity contribution in [2.75, 3.05) is 7.11 Å². The van der Waals surface area contributed by atoms with Crippen LogP contribution in [-0.2, 0) is 17.8 Å². The predicted molar refractivity (Wildman–Crippen MR) is 107 cm³/mol. The van der Waals surface area contributed by atoms with Gasteiger partial charge in [0.15, 0.2) is 17.7 Å². The molecular formula is C22H20F3N3O5. The highest BCUT2D eigenvalue weighted by Gasteiger charge is 2.47. The summed E-state index contributed by atoms with van der Waals surface area (Å²) in [5.41, 5.74) is -1.71. The molecule has 0 spiro atoms. The third-order valence-corrected chi connectivity index (χ3v) is 6.42. The summed E-state index contributed by atoms with van der Waals surface area (Å²) in [4.78, 5) is 40.6. The molecule has 1 aromatic heterocycles. The fraction of sp³-hybridized carbons (Fsp3) is 0.409. The number of benzene rings is 1. The van der Waals surface area contributed by atoms with Gasteiger partial charge in [-0.3, -0.25) is 14.4 Å². The van der Waals surface area contributed by atoms with E-state index >= 15 is 0 Å². The van der Waals surface area contributed by atoms with E-state index in [0.29, 0.717) is 12.1 Å². The number of fused-ring (bicyclic) bond motifs is 5. The second kappa shape index (κ2) is 7.91. The lowest BCUT2D eigenvalue weighted by molar-refractivity contribution is -0.132. The van der Waals surface area contributed by atoms with E-state index in [2.05, 4.69) is 5.32 Å². The largest absolute Gasteiger partial charge is 0.491 e. The van der Waals surface area contributed by atoms with Crippen LogP contribution in [0.4, 0.5) is 13.2 Å². The van der Waals surface area contributed by atoms with Crippen molar-refractivity contribution in [2.45, 2.75) is 50.7 Å². The Morgan fingerprint density at radius 2 is 1.94 bits per heavy atom. The first kappa shape index (κ1) is 21.5. The molecule has 1 aliphatic carbocycles. The Labute approximate surface area is 185 Å². The van der Waals surface area contributed by atoms with Crippen LogP contribution in [0.3, 0.4) is 0 Å². The fourth-order valence-corrected chi connectivity index (χ4v) is 4.89. The SMILES string of the molecule is COc1c2n(cc(C(=O)NCc3c(F)cc(F)cc3F)c1=O)CC1OC3CCC(C3)N1C2=O. The maximum absolute atomic E-state index is 13.9. The minimum absolute atomic E-state index is 0.0262. The molecule has 2 aliphatic heterocycles. The first-order chi connectivity index (χ1) is 15.8. The normalized spacial score (nSPS) is 23.2. The molecule has 8 nitrogen and oxygen atoms in total. The van der Waals surface area contributed by atoms with Crippen molar-refractivity contribution in [3.8, 4) is 5.75 Å². The minimum Gasteiger partial charge on any atom is -0.491 e. The zero-order chi connectivity index (χ0) is 23.4. The lowest BCUT2D eigenvalue weighted by Crippen LogP contribution is -2.57. The lowest BCUT2D eigenvalue weighted by Gasteiger charge is -2.44. The summed E-state index contributed by atoms with van der Waals surface area (Å²) >= 11 is 0. The lowest BCUT2D eigenvalue weighted by atomic mass is 10.1. The van der Waals surface area contributed by atoms with Crippen molar-refractivity contribution in [1.82, 2.24) is 14.8 Å². The van der Waals surface area contributed by atoms with E-state index in [-0.39, 0.29) is 35.7 Å². The number of methoxy groups -OCH3 is 1. The highest BCUT2D eigenvalue weighted by atomic mass is 19.1. The number of rotatable bonds is 4. The molecule has 2 fully saturated rings. The zero-order valence-electron chi connectivity index (χ0n) is 17.6. The Morgan fingerprint density at radius 3 is 2.64 bits per heavy atom. The van der Waals surface area contributed by atoms with Crippen molar-refractivity contribution in [3.63, 3.8) is 0 Å². The van der Waals surface area contributed by atoms with Gasteiger partial charge < -0.3 is 24.3 Å². The number of aromatic nitrogens is 1. The Hall–Kier alpha value is -3.34. The molecule has 1 aromatic carbocycles. The monoisotopic (exact) mass is 463 g/mol. The van der Waals surface area contributed by atoms with E-state index in [9.17, 15) is 27.6 Å². The molecule has 3 unspecified atom stereocenters. The number of carbonyl (C=O) groups excluding carboxylic acids is 2. The molecule has 3 heterocycles. The molecule has 3 aliphatic rings. The van der Waals surface area contributed by atoms with Gasteiger partial charge in [-0.1, -0.05) is 0 Å². The third kappa shape index (κ3) is 3.47. The average molecular weight is 463 g/mol. The van der Waals surface area contributed by atoms with Crippen molar-refractivity contribution in [1.29, 1.82) is 0 Å². The van der Waals surface area contributed by atoms with Crippen LogP contribution in [-0.4, -0.2) is 46.8 Å². The molecule has 1 saturated carbocycles. The number of hydrogen-bond donors (Lipinski definition) is 1. The Balaban J connectivity index is 1.47. The van der Waals surface area contributed by atoms with Gasteiger partial charge >= 0.3 is 0 Å². The first-order valence-electron chi connectivity index (χ1n) is 10.5. The number of carbonyl (C=O) groups is 2. The summed E-state index contributed by atoms with van der Waals surface area (Å²) < 4.78 is 53.5. The average Bonchev–Trinajstić information content (AvgIpc) is 3.13. The van der Waals surface area contributed by atoms with Crippen LogP contribution in [0.2, 0.25) is 0 Å². The number of hydrogen-bond acceptors (Lipinski definition) is 5. The van der Waals surface area contributed by atoms with E-state index in [1.165, 1.54) is 17.9 Å². The first-order valence-corrected chi connectivity index (χ1v) is 10.5. The topological polar surface area (TPSA) is 89.9 Å². The Morgan fingerprint density at radius 1 is 1.21 bits per heavy atom. The van der Waals surface area contributed by atoms with Gasteiger partial charge in [0, 0.05) is 36.5 Å². The van der Waals surface area contributed by atoms with Crippen LogP contribution in [0.15, 0.2) is 23.1 Å². The maximum atomic E-state index is 13.9. The van der Waals surface area contributed by atoms with Gasteiger partial charge in [-0.2, -0.15) is 0 Å². The van der Waals surface area contributed by atoms with Crippen LogP contribution in [0.5, 0.6) is 5.75 Å². The van der Waals surface area contributed by atoms with Gasteiger partial charge in [-0.25, -0.2) is 13.2 Å². The van der Waals surface area contributed by atoms with Crippen LogP contribution >= 0.6 is 0 Å². The number of amides is 2. The summed E-state index contributed by atoms with van der Waals surface area (Å²) in [6, 6.07) is 1.02. The van der Waals surface area contributed by atoms with Crippen LogP contribution in [0.25, 0.3) is 0 Å². The molecule has 2 aromatic rings. The quantitative estimate of drug-likeness (QED) is 0.749. The fourth-order valence-electron chi connectivity index (χ4n) is 4.89. The molecule has 1 saturated heterocycles. The summed E-state index contributed by atoms with van der Waals surface area (Å²) in [6.45, 7) is -0.408. The summed E-state index contributed by atoms with van der Waals surface area (Å²) in [5, 5.41) is 2.27. The van der Waals surface area contributed by atoms with Crippen LogP contribution in [0, 0.1) is 17.5 Å². The van der Waals surface area contributed by atoms with Crippen molar-refractivity contribution >= 4 is 11.8 Å². The molecule has 3 atom stereocenters. The van der Waals surface area contributed by atoms with Gasteiger partial charge in [0.1, 0.15) is 23.0 Å². The van der Waals surface area contributed by atoms with Gasteiger partial charge in [0.25, 0.3) is 11.8 Å². The molecule has 33 heavy (non-hydrogen) atoms. The molecule has 11 heteroatoms. The smallest absolute Gasteiger partial charge is 0.276 e. The highest BCUT2D eigenvalue weighted by molar-refractivity contribution is 5.99. The summed E-state index contributed by atoms with van der Waals surface area (Å²) in [7, 11) is 1.22. The molecule has 5 rings (SSSR count). The second-order valence-electron chi connectivity index (χ2n) is 8.33. The number of pyridine rings is 1. The van der Waals surface area contributed by atoms with Crippen molar-refractivity contribution < 1.29 is 32.2 Å². The summed E-state index contributed by atoms with van der Waals surface area (Å²) in [5.74, 6) is -5.03. The molecular weight excluding hydrogens is 443 g/mol. The van der Waals surface area contributed by atoms with Crippen LogP contribution in [0.1, 0.15) is 45.7 Å². The highest BCUT2D eigenvalue weighted by Crippen LogP contribution is 2.38.